The number of nitrogens with zero attached hydrogens (tertiary/aromatic N) is 2. The number of aromatic nitrogens is 1. The van der Waals surface area contributed by atoms with Gasteiger partial charge in [-0.15, -0.1) is 0 Å². The molecule has 25 heavy (non-hydrogen) atoms. The zero-order valence-corrected chi connectivity index (χ0v) is 16.4. The van der Waals surface area contributed by atoms with Crippen molar-refractivity contribution in [3.05, 3.63) is 46.8 Å². The number of rotatable bonds is 3. The molecular formula is C19H26N2O3S. The maximum atomic E-state index is 13.2. The van der Waals surface area contributed by atoms with Crippen LogP contribution in [0.5, 0.6) is 0 Å². The molecule has 2 heterocycles. The van der Waals surface area contributed by atoms with E-state index in [-0.39, 0.29) is 11.5 Å². The summed E-state index contributed by atoms with van der Waals surface area (Å²) in [5.74, 6) is 0.702. The zero-order valence-electron chi connectivity index (χ0n) is 15.5. The van der Waals surface area contributed by atoms with Crippen molar-refractivity contribution in [3.63, 3.8) is 0 Å². The van der Waals surface area contributed by atoms with Crippen molar-refractivity contribution in [2.45, 2.75) is 63.8 Å². The summed E-state index contributed by atoms with van der Waals surface area (Å²) >= 11 is 0. The van der Waals surface area contributed by atoms with Crippen LogP contribution in [-0.4, -0.2) is 24.4 Å². The van der Waals surface area contributed by atoms with Gasteiger partial charge >= 0.3 is 0 Å². The molecule has 0 radical (unpaired) electrons. The van der Waals surface area contributed by atoms with Crippen molar-refractivity contribution in [2.75, 3.05) is 6.54 Å². The van der Waals surface area contributed by atoms with E-state index in [1.54, 1.807) is 16.4 Å². The third kappa shape index (κ3) is 3.25. The lowest BCUT2D eigenvalue weighted by molar-refractivity contribution is 0.376. The van der Waals surface area contributed by atoms with Gasteiger partial charge in [0.2, 0.25) is 10.0 Å². The number of hydrogen-bond donors (Lipinski definition) is 0. The van der Waals surface area contributed by atoms with E-state index in [1.165, 1.54) is 0 Å². The topological polar surface area (TPSA) is 63.4 Å². The first kappa shape index (κ1) is 18.1. The third-order valence-electron chi connectivity index (χ3n) is 4.95. The number of benzene rings is 1. The van der Waals surface area contributed by atoms with Gasteiger partial charge in [0.25, 0.3) is 0 Å². The second kappa shape index (κ2) is 6.25. The fourth-order valence-corrected chi connectivity index (χ4v) is 5.21. The molecule has 0 aliphatic carbocycles. The highest BCUT2D eigenvalue weighted by Crippen LogP contribution is 2.39. The maximum Gasteiger partial charge on any atom is 0.243 e. The van der Waals surface area contributed by atoms with E-state index in [9.17, 15) is 8.42 Å². The van der Waals surface area contributed by atoms with Crippen LogP contribution in [0.15, 0.2) is 33.7 Å². The lowest BCUT2D eigenvalue weighted by Crippen LogP contribution is -2.31. The second-order valence-corrected chi connectivity index (χ2v) is 9.68. The summed E-state index contributed by atoms with van der Waals surface area (Å²) in [7, 11) is -3.55. The lowest BCUT2D eigenvalue weighted by Gasteiger charge is -2.25. The first-order valence-corrected chi connectivity index (χ1v) is 10.1. The molecule has 136 valence electrons. The molecule has 1 aliphatic heterocycles. The molecule has 0 spiro atoms. The van der Waals surface area contributed by atoms with Crippen molar-refractivity contribution in [3.8, 4) is 0 Å². The summed E-state index contributed by atoms with van der Waals surface area (Å²) in [6.07, 6.45) is 1.64. The molecule has 6 heteroatoms. The molecule has 1 aromatic carbocycles. The van der Waals surface area contributed by atoms with Crippen LogP contribution in [-0.2, 0) is 15.4 Å². The van der Waals surface area contributed by atoms with Crippen LogP contribution in [0.25, 0.3) is 0 Å². The van der Waals surface area contributed by atoms with E-state index < -0.39 is 10.0 Å². The predicted molar refractivity (Wildman–Crippen MR) is 97.0 cm³/mol. The molecule has 1 saturated heterocycles. The van der Waals surface area contributed by atoms with Gasteiger partial charge in [-0.05, 0) is 49.8 Å². The Kier molecular flexibility index (Phi) is 4.54. The van der Waals surface area contributed by atoms with Gasteiger partial charge in [0, 0.05) is 12.1 Å². The van der Waals surface area contributed by atoms with E-state index in [0.29, 0.717) is 17.2 Å². The van der Waals surface area contributed by atoms with E-state index in [2.05, 4.69) is 25.9 Å². The highest BCUT2D eigenvalue weighted by atomic mass is 32.2. The highest BCUT2D eigenvalue weighted by Gasteiger charge is 2.38. The molecule has 1 aromatic heterocycles. The summed E-state index contributed by atoms with van der Waals surface area (Å²) in [6, 6.07) is 7.07. The van der Waals surface area contributed by atoms with Crippen LogP contribution in [0.4, 0.5) is 0 Å². The number of aryl methyl sites for hydroxylation is 2. The molecule has 0 N–H and O–H groups in total. The third-order valence-corrected chi connectivity index (χ3v) is 6.87. The maximum absolute atomic E-state index is 13.2. The minimum absolute atomic E-state index is 0.00480. The smallest absolute Gasteiger partial charge is 0.243 e. The average molecular weight is 362 g/mol. The molecule has 1 fully saturated rings. The first-order valence-electron chi connectivity index (χ1n) is 8.67. The van der Waals surface area contributed by atoms with E-state index in [1.807, 2.05) is 26.0 Å². The lowest BCUT2D eigenvalue weighted by atomic mass is 9.87. The number of sulfonamides is 1. The zero-order chi connectivity index (χ0) is 18.4. The fourth-order valence-electron chi connectivity index (χ4n) is 3.54. The molecule has 1 atom stereocenters. The van der Waals surface area contributed by atoms with Gasteiger partial charge < -0.3 is 4.52 Å². The van der Waals surface area contributed by atoms with Crippen LogP contribution in [0.1, 0.15) is 62.2 Å². The Morgan fingerprint density at radius 3 is 2.32 bits per heavy atom. The SMILES string of the molecule is Cc1noc(C)c1[C@H]1CCCN1S(=O)(=O)c1ccc(C(C)(C)C)cc1. The number of hydrogen-bond acceptors (Lipinski definition) is 4. The predicted octanol–water partition coefficient (Wildman–Crippen LogP) is 4.11. The van der Waals surface area contributed by atoms with Crippen LogP contribution >= 0.6 is 0 Å². The van der Waals surface area contributed by atoms with Crippen LogP contribution in [0.3, 0.4) is 0 Å². The average Bonchev–Trinajstić information content (AvgIpc) is 3.13. The first-order chi connectivity index (χ1) is 11.6. The quantitative estimate of drug-likeness (QED) is 0.824. The molecule has 0 bridgehead atoms. The Morgan fingerprint density at radius 2 is 1.80 bits per heavy atom. The van der Waals surface area contributed by atoms with Crippen LogP contribution < -0.4 is 0 Å². The van der Waals surface area contributed by atoms with Gasteiger partial charge in [0.1, 0.15) is 5.76 Å². The summed E-state index contributed by atoms with van der Waals surface area (Å²) in [5, 5.41) is 3.99. The minimum Gasteiger partial charge on any atom is -0.361 e. The minimum atomic E-state index is -3.55. The Hall–Kier alpha value is -1.66. The van der Waals surface area contributed by atoms with Gasteiger partial charge in [-0.3, -0.25) is 0 Å². The van der Waals surface area contributed by atoms with Gasteiger partial charge in [0.15, 0.2) is 0 Å². The molecule has 5 nitrogen and oxygen atoms in total. The normalized spacial score (nSPS) is 19.5. The van der Waals surface area contributed by atoms with Crippen molar-refractivity contribution < 1.29 is 12.9 Å². The van der Waals surface area contributed by atoms with Crippen molar-refractivity contribution in [1.82, 2.24) is 9.46 Å². The van der Waals surface area contributed by atoms with Crippen LogP contribution in [0.2, 0.25) is 0 Å². The van der Waals surface area contributed by atoms with Crippen molar-refractivity contribution in [1.29, 1.82) is 0 Å². The Labute approximate surface area is 150 Å². The molecule has 0 amide bonds. The summed E-state index contributed by atoms with van der Waals surface area (Å²) < 4.78 is 33.3. The Bertz CT molecular complexity index is 842. The molecule has 0 unspecified atom stereocenters. The van der Waals surface area contributed by atoms with Gasteiger partial charge in [-0.2, -0.15) is 4.31 Å². The van der Waals surface area contributed by atoms with E-state index in [0.717, 1.165) is 29.7 Å². The van der Waals surface area contributed by atoms with Crippen molar-refractivity contribution in [2.24, 2.45) is 0 Å². The molecule has 2 aromatic rings. The summed E-state index contributed by atoms with van der Waals surface area (Å²) in [6.45, 7) is 10.6. The van der Waals surface area contributed by atoms with Gasteiger partial charge in [-0.25, -0.2) is 8.42 Å². The summed E-state index contributed by atoms with van der Waals surface area (Å²) in [5.41, 5.74) is 2.80. The molecule has 0 saturated carbocycles. The fraction of sp³-hybridized carbons (Fsp3) is 0.526. The standard InChI is InChI=1S/C19H26N2O3S/c1-13-18(14(2)24-20-13)17-7-6-12-21(17)25(22,23)16-10-8-15(9-11-16)19(3,4)5/h8-11,17H,6-7,12H2,1-5H3/t17-/m1/s1. The summed E-state index contributed by atoms with van der Waals surface area (Å²) in [4.78, 5) is 0.346. The van der Waals surface area contributed by atoms with Crippen molar-refractivity contribution >= 4 is 10.0 Å². The highest BCUT2D eigenvalue weighted by molar-refractivity contribution is 7.89. The van der Waals surface area contributed by atoms with E-state index in [4.69, 9.17) is 4.52 Å². The Balaban J connectivity index is 1.96. The largest absolute Gasteiger partial charge is 0.361 e. The second-order valence-electron chi connectivity index (χ2n) is 7.79. The van der Waals surface area contributed by atoms with Gasteiger partial charge in [-0.1, -0.05) is 38.1 Å². The van der Waals surface area contributed by atoms with Crippen LogP contribution in [0, 0.1) is 13.8 Å². The van der Waals surface area contributed by atoms with Gasteiger partial charge in [0.05, 0.1) is 16.6 Å². The molecule has 1 aliphatic rings. The monoisotopic (exact) mass is 362 g/mol. The molecular weight excluding hydrogens is 336 g/mol. The Morgan fingerprint density at radius 1 is 1.16 bits per heavy atom. The van der Waals surface area contributed by atoms with E-state index >= 15 is 0 Å². The molecule has 3 rings (SSSR count).